The number of fused-ring (bicyclic) bond motifs is 1. The lowest BCUT2D eigenvalue weighted by Crippen LogP contribution is -2.46. The average molecular weight is 343 g/mol. The summed E-state index contributed by atoms with van der Waals surface area (Å²) in [6, 6.07) is 7.67. The summed E-state index contributed by atoms with van der Waals surface area (Å²) < 4.78 is 18.9. The summed E-state index contributed by atoms with van der Waals surface area (Å²) >= 11 is 0. The lowest BCUT2D eigenvalue weighted by molar-refractivity contribution is -0.128. The van der Waals surface area contributed by atoms with Gasteiger partial charge in [-0.1, -0.05) is 12.1 Å². The van der Waals surface area contributed by atoms with Gasteiger partial charge in [-0.25, -0.2) is 0 Å². The van der Waals surface area contributed by atoms with Crippen LogP contribution in [0.15, 0.2) is 36.7 Å². The number of nitrogens with one attached hydrogen (secondary N) is 1. The van der Waals surface area contributed by atoms with Gasteiger partial charge in [0, 0.05) is 19.4 Å². The van der Waals surface area contributed by atoms with Crippen molar-refractivity contribution >= 4 is 11.6 Å². The van der Waals surface area contributed by atoms with E-state index in [1.165, 1.54) is 0 Å². The molecular weight excluding hydrogens is 322 g/mol. The minimum Gasteiger partial charge on any atom is -0.482 e. The molecule has 25 heavy (non-hydrogen) atoms. The van der Waals surface area contributed by atoms with Gasteiger partial charge in [0.1, 0.15) is 6.10 Å². The Labute approximate surface area is 145 Å². The molecule has 4 rings (SSSR count). The zero-order chi connectivity index (χ0) is 17.2. The number of hydrogen-bond acceptors (Lipinski definition) is 5. The summed E-state index contributed by atoms with van der Waals surface area (Å²) in [6.07, 6.45) is 4.30. The van der Waals surface area contributed by atoms with Crippen LogP contribution in [0.5, 0.6) is 11.5 Å². The van der Waals surface area contributed by atoms with Crippen molar-refractivity contribution in [3.63, 3.8) is 0 Å². The molecule has 0 unspecified atom stereocenters. The van der Waals surface area contributed by atoms with Gasteiger partial charge >= 0.3 is 0 Å². The molecule has 0 saturated carbocycles. The van der Waals surface area contributed by atoms with Crippen LogP contribution in [0, 0.1) is 0 Å². The molecule has 7 nitrogen and oxygen atoms in total. The maximum absolute atomic E-state index is 12.6. The fraction of sp³-hybridized carbons (Fsp3) is 0.444. The Morgan fingerprint density at radius 1 is 1.20 bits per heavy atom. The number of anilines is 1. The molecule has 0 aliphatic carbocycles. The third-order valence-electron chi connectivity index (χ3n) is 4.53. The first kappa shape index (κ1) is 16.0. The molecule has 1 amide bonds. The highest BCUT2D eigenvalue weighted by atomic mass is 16.6. The number of benzene rings is 1. The fourth-order valence-electron chi connectivity index (χ4n) is 3.17. The van der Waals surface area contributed by atoms with Gasteiger partial charge in [0.15, 0.2) is 11.5 Å². The molecule has 0 bridgehead atoms. The highest BCUT2D eigenvalue weighted by molar-refractivity contribution is 5.94. The smallest absolute Gasteiger partial charge is 0.269 e. The third-order valence-corrected chi connectivity index (χ3v) is 4.53. The van der Waals surface area contributed by atoms with Gasteiger partial charge in [-0.15, -0.1) is 0 Å². The molecule has 3 heterocycles. The van der Waals surface area contributed by atoms with Crippen LogP contribution in [0.3, 0.4) is 0 Å². The topological polar surface area (TPSA) is 74.6 Å². The SMILES string of the molecule is C[C@@H]1Oc2ccccc2O[C@H]1C(=O)Nc1cnn(C2CCOCC2)c1. The van der Waals surface area contributed by atoms with Crippen molar-refractivity contribution in [1.29, 1.82) is 0 Å². The fourth-order valence-corrected chi connectivity index (χ4v) is 3.17. The number of ether oxygens (including phenoxy) is 3. The van der Waals surface area contributed by atoms with E-state index in [9.17, 15) is 4.79 Å². The molecule has 2 aliphatic rings. The Bertz CT molecular complexity index is 754. The molecule has 1 N–H and O–H groups in total. The second kappa shape index (κ2) is 6.76. The molecule has 1 aromatic carbocycles. The first-order chi connectivity index (χ1) is 12.2. The lowest BCUT2D eigenvalue weighted by atomic mass is 10.1. The van der Waals surface area contributed by atoms with E-state index in [1.54, 1.807) is 12.3 Å². The first-order valence-corrected chi connectivity index (χ1v) is 8.56. The largest absolute Gasteiger partial charge is 0.482 e. The van der Waals surface area contributed by atoms with E-state index in [2.05, 4.69) is 10.4 Å². The number of rotatable bonds is 3. The molecule has 2 atom stereocenters. The van der Waals surface area contributed by atoms with Crippen molar-refractivity contribution in [3.8, 4) is 11.5 Å². The van der Waals surface area contributed by atoms with E-state index in [4.69, 9.17) is 14.2 Å². The highest BCUT2D eigenvalue weighted by Crippen LogP contribution is 2.33. The molecule has 1 saturated heterocycles. The standard InChI is InChI=1S/C18H21N3O4/c1-12-17(25-16-5-3-2-4-15(16)24-12)18(22)20-13-10-19-21(11-13)14-6-8-23-9-7-14/h2-5,10-12,14,17H,6-9H2,1H3,(H,20,22)/t12-,17+/m0/s1. The van der Waals surface area contributed by atoms with E-state index in [0.717, 1.165) is 26.1 Å². The van der Waals surface area contributed by atoms with Crippen molar-refractivity contribution in [2.45, 2.75) is 38.0 Å². The van der Waals surface area contributed by atoms with Crippen LogP contribution in [0.4, 0.5) is 5.69 Å². The van der Waals surface area contributed by atoms with Crippen molar-refractivity contribution in [1.82, 2.24) is 9.78 Å². The first-order valence-electron chi connectivity index (χ1n) is 8.56. The molecule has 1 fully saturated rings. The Morgan fingerprint density at radius 3 is 2.68 bits per heavy atom. The van der Waals surface area contributed by atoms with E-state index in [0.29, 0.717) is 23.2 Å². The van der Waals surface area contributed by atoms with Crippen molar-refractivity contribution < 1.29 is 19.0 Å². The predicted octanol–water partition coefficient (Wildman–Crippen LogP) is 2.40. The zero-order valence-electron chi connectivity index (χ0n) is 14.1. The second-order valence-corrected chi connectivity index (χ2v) is 6.35. The van der Waals surface area contributed by atoms with Crippen LogP contribution in [-0.2, 0) is 9.53 Å². The third kappa shape index (κ3) is 3.32. The van der Waals surface area contributed by atoms with Crippen LogP contribution in [-0.4, -0.2) is 41.1 Å². The van der Waals surface area contributed by atoms with Crippen LogP contribution < -0.4 is 14.8 Å². The van der Waals surface area contributed by atoms with Crippen LogP contribution in [0.25, 0.3) is 0 Å². The summed E-state index contributed by atoms with van der Waals surface area (Å²) in [5.41, 5.74) is 0.658. The van der Waals surface area contributed by atoms with Gasteiger partial charge in [-0.2, -0.15) is 5.10 Å². The Kier molecular flexibility index (Phi) is 4.31. The molecule has 2 aromatic rings. The molecule has 0 radical (unpaired) electrons. The number of para-hydroxylation sites is 2. The number of aromatic nitrogens is 2. The highest BCUT2D eigenvalue weighted by Gasteiger charge is 2.34. The average Bonchev–Trinajstić information content (AvgIpc) is 3.10. The number of nitrogens with zero attached hydrogens (tertiary/aromatic N) is 2. The quantitative estimate of drug-likeness (QED) is 0.926. The number of carbonyl (C=O) groups excluding carboxylic acids is 1. The maximum Gasteiger partial charge on any atom is 0.269 e. The summed E-state index contributed by atoms with van der Waals surface area (Å²) in [5, 5.41) is 7.24. The van der Waals surface area contributed by atoms with Gasteiger partial charge in [-0.05, 0) is 31.9 Å². The minimum atomic E-state index is -0.707. The minimum absolute atomic E-state index is 0.242. The van der Waals surface area contributed by atoms with Crippen LogP contribution in [0.2, 0.25) is 0 Å². The van der Waals surface area contributed by atoms with Crippen molar-refractivity contribution in [2.24, 2.45) is 0 Å². The predicted molar refractivity (Wildman–Crippen MR) is 90.9 cm³/mol. The molecular formula is C18H21N3O4. The summed E-state index contributed by atoms with van der Waals surface area (Å²) in [6.45, 7) is 3.32. The van der Waals surface area contributed by atoms with Gasteiger partial charge < -0.3 is 19.5 Å². The zero-order valence-corrected chi connectivity index (χ0v) is 14.1. The van der Waals surface area contributed by atoms with E-state index < -0.39 is 6.10 Å². The van der Waals surface area contributed by atoms with Crippen molar-refractivity contribution in [3.05, 3.63) is 36.7 Å². The van der Waals surface area contributed by atoms with Crippen LogP contribution >= 0.6 is 0 Å². The molecule has 1 aromatic heterocycles. The Hall–Kier alpha value is -2.54. The van der Waals surface area contributed by atoms with Gasteiger partial charge in [0.25, 0.3) is 5.91 Å². The molecule has 2 aliphatic heterocycles. The Balaban J connectivity index is 1.43. The number of hydrogen-bond donors (Lipinski definition) is 1. The van der Waals surface area contributed by atoms with Gasteiger partial charge in [-0.3, -0.25) is 9.48 Å². The summed E-state index contributed by atoms with van der Waals surface area (Å²) in [4.78, 5) is 12.6. The van der Waals surface area contributed by atoms with Gasteiger partial charge in [0.05, 0.1) is 17.9 Å². The number of amides is 1. The monoisotopic (exact) mass is 343 g/mol. The summed E-state index contributed by atoms with van der Waals surface area (Å²) in [7, 11) is 0. The maximum atomic E-state index is 12.6. The number of carbonyl (C=O) groups is 1. The Morgan fingerprint density at radius 2 is 1.92 bits per heavy atom. The molecule has 132 valence electrons. The molecule has 0 spiro atoms. The summed E-state index contributed by atoms with van der Waals surface area (Å²) in [5.74, 6) is 0.999. The van der Waals surface area contributed by atoms with E-state index in [-0.39, 0.29) is 12.0 Å². The van der Waals surface area contributed by atoms with E-state index in [1.807, 2.05) is 36.0 Å². The normalized spacial score (nSPS) is 23.2. The van der Waals surface area contributed by atoms with Crippen LogP contribution in [0.1, 0.15) is 25.8 Å². The van der Waals surface area contributed by atoms with Crippen molar-refractivity contribution in [2.75, 3.05) is 18.5 Å². The molecule has 7 heteroatoms. The van der Waals surface area contributed by atoms with E-state index >= 15 is 0 Å². The second-order valence-electron chi connectivity index (χ2n) is 6.35. The van der Waals surface area contributed by atoms with Gasteiger partial charge in [0.2, 0.25) is 6.10 Å². The lowest BCUT2D eigenvalue weighted by Gasteiger charge is -2.30.